The Bertz CT molecular complexity index is 63.4. The van der Waals surface area contributed by atoms with Gasteiger partial charge in [0.05, 0.1) is 0 Å². The van der Waals surface area contributed by atoms with E-state index in [2.05, 4.69) is 40.7 Å². The Hall–Kier alpha value is 0.282. The zero-order chi connectivity index (χ0) is 6.78. The highest BCUT2D eigenvalue weighted by molar-refractivity contribution is 7.12. The van der Waals surface area contributed by atoms with Crippen molar-refractivity contribution in [1.29, 1.82) is 0 Å². The van der Waals surface area contributed by atoms with E-state index in [1.807, 2.05) is 0 Å². The van der Waals surface area contributed by atoms with Gasteiger partial charge >= 0.3 is 0 Å². The van der Waals surface area contributed by atoms with E-state index in [4.69, 9.17) is 0 Å². The topological polar surface area (TPSA) is 0 Å². The predicted molar refractivity (Wildman–Crippen MR) is 44.3 cm³/mol. The van der Waals surface area contributed by atoms with Gasteiger partial charge in [-0.15, -0.1) is 0 Å². The first kappa shape index (κ1) is 8.28. The fourth-order valence-corrected chi connectivity index (χ4v) is 3.00. The van der Waals surface area contributed by atoms with Crippen molar-refractivity contribution in [1.82, 2.24) is 0 Å². The number of rotatable bonds is 1. The molecule has 0 saturated heterocycles. The first-order valence-corrected chi connectivity index (χ1v) is 6.25. The summed E-state index contributed by atoms with van der Waals surface area (Å²) in [7, 11) is -0.421. The molecule has 0 aliphatic carbocycles. The highest BCUT2D eigenvalue weighted by atomic mass is 28.3. The van der Waals surface area contributed by atoms with Crippen LogP contribution in [0.2, 0.25) is 18.4 Å². The van der Waals surface area contributed by atoms with Gasteiger partial charge in [0.25, 0.3) is 0 Å². The third-order valence-electron chi connectivity index (χ3n) is 0.833. The third kappa shape index (κ3) is 6.28. The van der Waals surface area contributed by atoms with Crippen LogP contribution in [-0.2, 0) is 0 Å². The van der Waals surface area contributed by atoms with Gasteiger partial charge in [-0.3, -0.25) is 0 Å². The van der Waals surface area contributed by atoms with Crippen molar-refractivity contribution in [2.24, 2.45) is 0 Å². The molecule has 0 heterocycles. The molecular formula is C6H16BSi. The van der Waals surface area contributed by atoms with Gasteiger partial charge < -0.3 is 0 Å². The van der Waals surface area contributed by atoms with Crippen LogP contribution in [0.1, 0.15) is 20.8 Å². The summed E-state index contributed by atoms with van der Waals surface area (Å²) >= 11 is 0. The van der Waals surface area contributed by atoms with Crippen molar-refractivity contribution < 1.29 is 0 Å². The highest BCUT2D eigenvalue weighted by Gasteiger charge is 2.13. The standard InChI is InChI=1S/C6H16BSi/c1-6(2,3)7-8(4)5/h8H,1-5H3. The maximum absolute atomic E-state index is 2.49. The average Bonchev–Trinajstić information content (AvgIpc) is 1.21. The van der Waals surface area contributed by atoms with Gasteiger partial charge in [-0.25, -0.2) is 0 Å². The maximum atomic E-state index is 2.49. The molecule has 0 aromatic rings. The molecule has 0 fully saturated rings. The lowest BCUT2D eigenvalue weighted by Crippen LogP contribution is -2.22. The minimum Gasteiger partial charge on any atom is -0.0780 e. The summed E-state index contributed by atoms with van der Waals surface area (Å²) in [6.45, 7) is 14.0. The van der Waals surface area contributed by atoms with Crippen LogP contribution < -0.4 is 0 Å². The third-order valence-corrected chi connectivity index (χ3v) is 2.50. The summed E-state index contributed by atoms with van der Waals surface area (Å²) in [4.78, 5) is 0. The fourth-order valence-electron chi connectivity index (χ4n) is 1.00. The van der Waals surface area contributed by atoms with Gasteiger partial charge in [-0.1, -0.05) is 39.2 Å². The molecule has 0 spiro atoms. The molecule has 0 nitrogen and oxygen atoms in total. The van der Waals surface area contributed by atoms with E-state index < -0.39 is 8.67 Å². The molecule has 0 aliphatic heterocycles. The quantitative estimate of drug-likeness (QED) is 0.472. The molecule has 0 aromatic carbocycles. The van der Waals surface area contributed by atoms with Gasteiger partial charge in [0.1, 0.15) is 6.87 Å². The Morgan fingerprint density at radius 1 is 1.12 bits per heavy atom. The lowest BCUT2D eigenvalue weighted by molar-refractivity contribution is 0.762. The largest absolute Gasteiger partial charge is 0.106 e. The highest BCUT2D eigenvalue weighted by Crippen LogP contribution is 2.20. The zero-order valence-corrected chi connectivity index (χ0v) is 7.81. The van der Waals surface area contributed by atoms with Gasteiger partial charge in [-0.2, -0.15) is 0 Å². The predicted octanol–water partition coefficient (Wildman–Crippen LogP) is 1.89. The van der Waals surface area contributed by atoms with E-state index in [0.29, 0.717) is 5.31 Å². The molecule has 2 heteroatoms. The molecule has 0 amide bonds. The fraction of sp³-hybridized carbons (Fsp3) is 1.00. The van der Waals surface area contributed by atoms with E-state index in [0.717, 1.165) is 0 Å². The summed E-state index contributed by atoms with van der Waals surface area (Å²) < 4.78 is 0. The molecule has 0 N–H and O–H groups in total. The first-order valence-electron chi connectivity index (χ1n) is 3.28. The number of hydrogen-bond acceptors (Lipinski definition) is 0. The Morgan fingerprint density at radius 3 is 1.50 bits per heavy atom. The van der Waals surface area contributed by atoms with Crippen LogP contribution in [0, 0.1) is 0 Å². The van der Waals surface area contributed by atoms with Crippen LogP contribution in [0.3, 0.4) is 0 Å². The summed E-state index contributed by atoms with van der Waals surface area (Å²) in [5, 5.41) is 0.459. The van der Waals surface area contributed by atoms with Gasteiger partial charge in [0, 0.05) is 0 Å². The molecule has 0 bridgehead atoms. The molecular weight excluding hydrogens is 111 g/mol. The number of hydrogen-bond donors (Lipinski definition) is 0. The molecule has 0 saturated carbocycles. The Morgan fingerprint density at radius 2 is 1.50 bits per heavy atom. The Labute approximate surface area is 55.5 Å². The summed E-state index contributed by atoms with van der Waals surface area (Å²) in [5.74, 6) is 0. The first-order chi connectivity index (χ1) is 3.42. The van der Waals surface area contributed by atoms with Gasteiger partial charge in [-0.05, 0) is 8.67 Å². The monoisotopic (exact) mass is 127 g/mol. The van der Waals surface area contributed by atoms with Crippen molar-refractivity contribution >= 4 is 15.5 Å². The molecule has 0 unspecified atom stereocenters. The minimum absolute atomic E-state index is 0.421. The summed E-state index contributed by atoms with van der Waals surface area (Å²) in [6.07, 6.45) is 0. The van der Waals surface area contributed by atoms with E-state index in [1.165, 1.54) is 0 Å². The van der Waals surface area contributed by atoms with Gasteiger partial charge in [0.2, 0.25) is 0 Å². The van der Waals surface area contributed by atoms with E-state index in [9.17, 15) is 0 Å². The lowest BCUT2D eigenvalue weighted by Gasteiger charge is -2.17. The SMILES string of the molecule is C[SiH](C)[B]C(C)(C)C. The normalized spacial score (nSPS) is 12.2. The van der Waals surface area contributed by atoms with Crippen LogP contribution in [0.5, 0.6) is 0 Å². The van der Waals surface area contributed by atoms with Crippen LogP contribution in [0.25, 0.3) is 0 Å². The lowest BCUT2D eigenvalue weighted by atomic mass is 9.73. The molecule has 0 aromatic heterocycles. The molecule has 0 rings (SSSR count). The second-order valence-corrected chi connectivity index (χ2v) is 6.60. The van der Waals surface area contributed by atoms with E-state index >= 15 is 0 Å². The van der Waals surface area contributed by atoms with Crippen LogP contribution in [-0.4, -0.2) is 15.5 Å². The van der Waals surface area contributed by atoms with Gasteiger partial charge in [0.15, 0.2) is 0 Å². The smallest absolute Gasteiger partial charge is 0.0780 e. The average molecular weight is 127 g/mol. The van der Waals surface area contributed by atoms with Crippen LogP contribution in [0.15, 0.2) is 0 Å². The molecule has 1 radical (unpaired) electrons. The summed E-state index contributed by atoms with van der Waals surface area (Å²) in [5.41, 5.74) is 0. The van der Waals surface area contributed by atoms with E-state index in [-0.39, 0.29) is 0 Å². The summed E-state index contributed by atoms with van der Waals surface area (Å²) in [6, 6.07) is 0. The molecule has 8 heavy (non-hydrogen) atoms. The van der Waals surface area contributed by atoms with Crippen molar-refractivity contribution in [3.8, 4) is 0 Å². The zero-order valence-electron chi connectivity index (χ0n) is 6.65. The minimum atomic E-state index is -0.421. The van der Waals surface area contributed by atoms with Crippen LogP contribution >= 0.6 is 0 Å². The van der Waals surface area contributed by atoms with Crippen molar-refractivity contribution in [3.63, 3.8) is 0 Å². The Kier molecular flexibility index (Phi) is 2.81. The molecule has 0 atom stereocenters. The second-order valence-electron chi connectivity index (χ2n) is 3.78. The van der Waals surface area contributed by atoms with Crippen molar-refractivity contribution in [3.05, 3.63) is 0 Å². The van der Waals surface area contributed by atoms with E-state index in [1.54, 1.807) is 0 Å². The van der Waals surface area contributed by atoms with Crippen LogP contribution in [0.4, 0.5) is 0 Å². The van der Waals surface area contributed by atoms with Crippen molar-refractivity contribution in [2.45, 2.75) is 39.2 Å². The van der Waals surface area contributed by atoms with Crippen molar-refractivity contribution in [2.75, 3.05) is 0 Å². The molecule has 0 aliphatic rings. The second kappa shape index (κ2) is 2.72. The molecule has 47 valence electrons. The Balaban J connectivity index is 3.39. The maximum Gasteiger partial charge on any atom is 0.106 e.